The van der Waals surface area contributed by atoms with E-state index in [1.165, 1.54) is 128 Å². The van der Waals surface area contributed by atoms with E-state index in [0.29, 0.717) is 5.75 Å². The van der Waals surface area contributed by atoms with Crippen LogP contribution in [0.2, 0.25) is 0 Å². The Kier molecular flexibility index (Phi) is 20.2. The summed E-state index contributed by atoms with van der Waals surface area (Å²) >= 11 is 4.77. The van der Waals surface area contributed by atoms with Crippen LogP contribution in [0.4, 0.5) is 0 Å². The molecular formula is C30H55O3PS. The van der Waals surface area contributed by atoms with Crippen molar-refractivity contribution >= 4 is 18.5 Å². The second kappa shape index (κ2) is 21.7. The maximum Gasteiger partial charge on any atom is 0.375 e. The van der Waals surface area contributed by atoms with E-state index in [4.69, 9.17) is 16.3 Å². The van der Waals surface area contributed by atoms with Crippen molar-refractivity contribution in [1.82, 2.24) is 0 Å². The standard InChI is InChI=1S/C30H55O3PS/c1-3-5-7-9-11-13-15-17-19-21-24-28-25-23-27-30(33-34(31,32)35)29(28)26-22-20-18-16-14-12-10-8-6-4-2/h23,25,27H,3-22,24,26H2,1-2H3,(H2,31,32,35). The van der Waals surface area contributed by atoms with Crippen LogP contribution >= 0.6 is 6.72 Å². The van der Waals surface area contributed by atoms with Gasteiger partial charge in [0.15, 0.2) is 0 Å². The minimum atomic E-state index is -3.72. The first-order valence-corrected chi connectivity index (χ1v) is 17.5. The highest BCUT2D eigenvalue weighted by Crippen LogP contribution is 2.41. The summed E-state index contributed by atoms with van der Waals surface area (Å²) in [5.74, 6) is 0.582. The topological polar surface area (TPSA) is 49.7 Å². The van der Waals surface area contributed by atoms with E-state index < -0.39 is 6.72 Å². The van der Waals surface area contributed by atoms with Gasteiger partial charge in [-0.25, -0.2) is 0 Å². The maximum absolute atomic E-state index is 9.76. The Morgan fingerprint density at radius 1 is 0.600 bits per heavy atom. The van der Waals surface area contributed by atoms with Crippen LogP contribution in [0.15, 0.2) is 18.2 Å². The molecule has 0 heterocycles. The monoisotopic (exact) mass is 526 g/mol. The molecule has 0 bridgehead atoms. The van der Waals surface area contributed by atoms with Gasteiger partial charge in [0.1, 0.15) is 5.75 Å². The number of hydrogen-bond acceptors (Lipinski definition) is 2. The lowest BCUT2D eigenvalue weighted by Gasteiger charge is -2.17. The number of aryl methyl sites for hydroxylation is 1. The highest BCUT2D eigenvalue weighted by atomic mass is 32.5. The van der Waals surface area contributed by atoms with E-state index in [-0.39, 0.29) is 0 Å². The molecule has 0 fully saturated rings. The molecule has 0 aliphatic heterocycles. The summed E-state index contributed by atoms with van der Waals surface area (Å²) in [6, 6.07) is 6.00. The lowest BCUT2D eigenvalue weighted by molar-refractivity contribution is 0.368. The molecule has 5 heteroatoms. The maximum atomic E-state index is 9.76. The second-order valence-corrected chi connectivity index (χ2v) is 12.9. The van der Waals surface area contributed by atoms with Gasteiger partial charge in [0, 0.05) is 11.8 Å². The fourth-order valence-corrected chi connectivity index (χ4v) is 5.60. The number of benzene rings is 1. The smallest absolute Gasteiger partial charge is 0.375 e. The molecule has 0 atom stereocenters. The van der Waals surface area contributed by atoms with Gasteiger partial charge in [-0.2, -0.15) is 0 Å². The summed E-state index contributed by atoms with van der Waals surface area (Å²) in [5.41, 5.74) is 2.43. The third-order valence-corrected chi connectivity index (χ3v) is 7.69. The highest BCUT2D eigenvalue weighted by Gasteiger charge is 2.16. The molecule has 0 saturated carbocycles. The number of hydrogen-bond donors (Lipinski definition) is 2. The van der Waals surface area contributed by atoms with E-state index in [1.807, 2.05) is 12.1 Å². The van der Waals surface area contributed by atoms with Gasteiger partial charge in [-0.15, -0.1) is 0 Å². The van der Waals surface area contributed by atoms with E-state index in [1.54, 1.807) is 0 Å². The molecular weight excluding hydrogens is 471 g/mol. The molecule has 3 nitrogen and oxygen atoms in total. The molecule has 1 aromatic rings. The SMILES string of the molecule is CCCCCCCCCCCCc1cccc(OP(O)(O)=S)c1CCCCCCCCCCCC. The zero-order valence-electron chi connectivity index (χ0n) is 22.9. The van der Waals surface area contributed by atoms with Crippen LogP contribution in [-0.4, -0.2) is 9.79 Å². The Labute approximate surface area is 222 Å². The van der Waals surface area contributed by atoms with Gasteiger partial charge in [-0.3, -0.25) is 0 Å². The average molecular weight is 527 g/mol. The Morgan fingerprint density at radius 2 is 1.00 bits per heavy atom. The molecule has 0 aliphatic rings. The summed E-state index contributed by atoms with van der Waals surface area (Å²) in [5, 5.41) is 0. The van der Waals surface area contributed by atoms with Crippen molar-refractivity contribution in [2.24, 2.45) is 0 Å². The van der Waals surface area contributed by atoms with E-state index >= 15 is 0 Å². The van der Waals surface area contributed by atoms with Crippen LogP contribution in [0.5, 0.6) is 5.75 Å². The van der Waals surface area contributed by atoms with Crippen molar-refractivity contribution in [3.63, 3.8) is 0 Å². The summed E-state index contributed by atoms with van der Waals surface area (Å²) in [7, 11) is 0. The lowest BCUT2D eigenvalue weighted by atomic mass is 9.95. The zero-order valence-corrected chi connectivity index (χ0v) is 24.7. The zero-order chi connectivity index (χ0) is 25.6. The molecule has 0 radical (unpaired) electrons. The van der Waals surface area contributed by atoms with Gasteiger partial charge in [0.2, 0.25) is 0 Å². The van der Waals surface area contributed by atoms with Crippen LogP contribution in [-0.2, 0) is 24.6 Å². The Bertz CT molecular complexity index is 674. The Morgan fingerprint density at radius 3 is 1.43 bits per heavy atom. The molecule has 0 saturated heterocycles. The third kappa shape index (κ3) is 18.5. The minimum Gasteiger partial charge on any atom is -0.424 e. The third-order valence-electron chi connectivity index (χ3n) is 7.03. The molecule has 0 spiro atoms. The first kappa shape index (κ1) is 32.6. The molecule has 204 valence electrons. The number of unbranched alkanes of at least 4 members (excludes halogenated alkanes) is 18. The first-order valence-electron chi connectivity index (χ1n) is 14.8. The first-order chi connectivity index (χ1) is 17.0. The van der Waals surface area contributed by atoms with E-state index in [2.05, 4.69) is 19.9 Å². The molecule has 35 heavy (non-hydrogen) atoms. The van der Waals surface area contributed by atoms with Crippen molar-refractivity contribution in [1.29, 1.82) is 0 Å². The van der Waals surface area contributed by atoms with E-state index in [0.717, 1.165) is 24.8 Å². The van der Waals surface area contributed by atoms with Gasteiger partial charge in [-0.05, 0) is 42.9 Å². The van der Waals surface area contributed by atoms with Crippen molar-refractivity contribution in [3.8, 4) is 5.75 Å². The van der Waals surface area contributed by atoms with Gasteiger partial charge in [-0.1, -0.05) is 142 Å². The fraction of sp³-hybridized carbons (Fsp3) is 0.800. The van der Waals surface area contributed by atoms with E-state index in [9.17, 15) is 9.79 Å². The highest BCUT2D eigenvalue weighted by molar-refractivity contribution is 8.06. The minimum absolute atomic E-state index is 0.582. The van der Waals surface area contributed by atoms with Crippen LogP contribution in [0, 0.1) is 0 Å². The lowest BCUT2D eigenvalue weighted by Crippen LogP contribution is -2.01. The Hall–Kier alpha value is -0.410. The van der Waals surface area contributed by atoms with Crippen LogP contribution < -0.4 is 4.52 Å². The summed E-state index contributed by atoms with van der Waals surface area (Å²) in [6.45, 7) is 0.817. The predicted octanol–water partition coefficient (Wildman–Crippen LogP) is 10.2. The van der Waals surface area contributed by atoms with Crippen molar-refractivity contribution < 1.29 is 14.3 Å². The summed E-state index contributed by atoms with van der Waals surface area (Å²) in [4.78, 5) is 19.5. The van der Waals surface area contributed by atoms with Gasteiger partial charge in [0.05, 0.1) is 0 Å². The molecule has 0 aliphatic carbocycles. The Balaban J connectivity index is 2.40. The van der Waals surface area contributed by atoms with Crippen LogP contribution in [0.25, 0.3) is 0 Å². The summed E-state index contributed by atoms with van der Waals surface area (Å²) in [6.07, 6.45) is 28.4. The molecule has 1 rings (SSSR count). The molecule has 2 N–H and O–H groups in total. The van der Waals surface area contributed by atoms with Gasteiger partial charge in [0.25, 0.3) is 0 Å². The normalized spacial score (nSPS) is 11.8. The van der Waals surface area contributed by atoms with Crippen molar-refractivity contribution in [2.45, 2.75) is 155 Å². The second-order valence-electron chi connectivity index (χ2n) is 10.3. The molecule has 0 unspecified atom stereocenters. The van der Waals surface area contributed by atoms with Gasteiger partial charge < -0.3 is 14.3 Å². The van der Waals surface area contributed by atoms with Gasteiger partial charge >= 0.3 is 6.72 Å². The van der Waals surface area contributed by atoms with Crippen LogP contribution in [0.3, 0.4) is 0 Å². The van der Waals surface area contributed by atoms with Crippen molar-refractivity contribution in [3.05, 3.63) is 29.3 Å². The summed E-state index contributed by atoms with van der Waals surface area (Å²) < 4.78 is 5.45. The average Bonchev–Trinajstić information content (AvgIpc) is 2.81. The molecule has 0 aromatic heterocycles. The largest absolute Gasteiger partial charge is 0.424 e. The predicted molar refractivity (Wildman–Crippen MR) is 157 cm³/mol. The molecule has 1 aromatic carbocycles. The number of rotatable bonds is 24. The quantitative estimate of drug-likeness (QED) is 0.104. The van der Waals surface area contributed by atoms with Crippen LogP contribution in [0.1, 0.15) is 153 Å². The fourth-order valence-electron chi connectivity index (χ4n) is 4.93. The van der Waals surface area contributed by atoms with Crippen molar-refractivity contribution in [2.75, 3.05) is 0 Å². The molecule has 0 amide bonds.